The normalized spacial score (nSPS) is 17.5. The van der Waals surface area contributed by atoms with Gasteiger partial charge in [-0.3, -0.25) is 10.1 Å². The molecular formula is C11H15NO2. The second-order valence-electron chi connectivity index (χ2n) is 3.38. The van der Waals surface area contributed by atoms with Crippen LogP contribution in [0.25, 0.3) is 0 Å². The molecule has 0 aliphatic heterocycles. The molecule has 0 aromatic carbocycles. The van der Waals surface area contributed by atoms with Crippen molar-refractivity contribution in [2.75, 3.05) is 0 Å². The lowest BCUT2D eigenvalue weighted by molar-refractivity contribution is -0.403. The highest BCUT2D eigenvalue weighted by Crippen LogP contribution is 2.23. The van der Waals surface area contributed by atoms with Crippen LogP contribution in [0, 0.1) is 10.1 Å². The van der Waals surface area contributed by atoms with Crippen molar-refractivity contribution in [3.63, 3.8) is 0 Å². The molecule has 0 aromatic heterocycles. The minimum atomic E-state index is -0.390. The van der Waals surface area contributed by atoms with E-state index in [9.17, 15) is 10.1 Å². The van der Waals surface area contributed by atoms with E-state index < -0.39 is 4.92 Å². The average molecular weight is 193 g/mol. The van der Waals surface area contributed by atoms with Crippen LogP contribution in [0.4, 0.5) is 0 Å². The minimum Gasteiger partial charge on any atom is -0.259 e. The number of hydrogen-bond acceptors (Lipinski definition) is 2. The Morgan fingerprint density at radius 1 is 1.50 bits per heavy atom. The molecule has 0 N–H and O–H groups in total. The summed E-state index contributed by atoms with van der Waals surface area (Å²) in [6, 6.07) is 0. The fourth-order valence-electron chi connectivity index (χ4n) is 1.50. The largest absolute Gasteiger partial charge is 0.259 e. The summed E-state index contributed by atoms with van der Waals surface area (Å²) >= 11 is 0. The molecule has 1 aliphatic carbocycles. The molecule has 0 bridgehead atoms. The lowest BCUT2D eigenvalue weighted by atomic mass is 10.0. The van der Waals surface area contributed by atoms with Crippen LogP contribution >= 0.6 is 0 Å². The molecule has 0 amide bonds. The second kappa shape index (κ2) is 5.37. The highest BCUT2D eigenvalue weighted by molar-refractivity contribution is 5.47. The molecule has 3 heteroatoms. The van der Waals surface area contributed by atoms with Gasteiger partial charge in [0.2, 0.25) is 6.20 Å². The molecule has 0 saturated heterocycles. The Labute approximate surface area is 84.0 Å². The van der Waals surface area contributed by atoms with E-state index >= 15 is 0 Å². The SMILES string of the molecule is CCCCCC1=CC=CC1=C[N+](=O)[O-]. The van der Waals surface area contributed by atoms with Gasteiger partial charge in [-0.2, -0.15) is 0 Å². The van der Waals surface area contributed by atoms with Crippen LogP contribution in [0.15, 0.2) is 35.6 Å². The van der Waals surface area contributed by atoms with Crippen molar-refractivity contribution in [2.24, 2.45) is 0 Å². The Morgan fingerprint density at radius 3 is 2.93 bits per heavy atom. The van der Waals surface area contributed by atoms with Gasteiger partial charge >= 0.3 is 0 Å². The van der Waals surface area contributed by atoms with Gasteiger partial charge < -0.3 is 0 Å². The molecule has 3 nitrogen and oxygen atoms in total. The zero-order valence-corrected chi connectivity index (χ0v) is 8.40. The van der Waals surface area contributed by atoms with Crippen molar-refractivity contribution < 1.29 is 4.92 Å². The van der Waals surface area contributed by atoms with E-state index in [4.69, 9.17) is 0 Å². The Kier molecular flexibility index (Phi) is 4.11. The Hall–Kier alpha value is -1.38. The van der Waals surface area contributed by atoms with Crippen LogP contribution in [0.3, 0.4) is 0 Å². The monoisotopic (exact) mass is 193 g/mol. The summed E-state index contributed by atoms with van der Waals surface area (Å²) in [7, 11) is 0. The topological polar surface area (TPSA) is 43.1 Å². The van der Waals surface area contributed by atoms with Gasteiger partial charge in [0, 0.05) is 5.57 Å². The smallest absolute Gasteiger partial charge is 0.241 e. The maximum atomic E-state index is 10.3. The van der Waals surface area contributed by atoms with Gasteiger partial charge in [-0.05, 0) is 24.5 Å². The van der Waals surface area contributed by atoms with Gasteiger partial charge in [0.1, 0.15) is 0 Å². The number of nitrogens with zero attached hydrogens (tertiary/aromatic N) is 1. The maximum absolute atomic E-state index is 10.3. The van der Waals surface area contributed by atoms with E-state index in [1.807, 2.05) is 12.2 Å². The zero-order valence-electron chi connectivity index (χ0n) is 8.40. The van der Waals surface area contributed by atoms with Crippen molar-refractivity contribution in [1.82, 2.24) is 0 Å². The Morgan fingerprint density at radius 2 is 2.29 bits per heavy atom. The van der Waals surface area contributed by atoms with Crippen LogP contribution < -0.4 is 0 Å². The van der Waals surface area contributed by atoms with E-state index in [-0.39, 0.29) is 0 Å². The third kappa shape index (κ3) is 3.17. The van der Waals surface area contributed by atoms with E-state index in [1.165, 1.54) is 12.8 Å². The third-order valence-corrected chi connectivity index (χ3v) is 2.24. The number of unbranched alkanes of at least 4 members (excludes halogenated alkanes) is 2. The first kappa shape index (κ1) is 10.7. The quantitative estimate of drug-likeness (QED) is 0.382. The fourth-order valence-corrected chi connectivity index (χ4v) is 1.50. The number of allylic oxidation sites excluding steroid dienone is 5. The van der Waals surface area contributed by atoms with Crippen LogP contribution in [0.5, 0.6) is 0 Å². The molecule has 0 aromatic rings. The molecule has 1 rings (SSSR count). The summed E-state index contributed by atoms with van der Waals surface area (Å²) in [4.78, 5) is 9.91. The standard InChI is InChI=1S/C11H15NO2/c1-2-3-4-6-10-7-5-8-11(10)9-12(13)14/h5,7-9H,2-4,6H2,1H3. The van der Waals surface area contributed by atoms with E-state index in [0.717, 1.165) is 30.2 Å². The minimum absolute atomic E-state index is 0.390. The fraction of sp³-hybridized carbons (Fsp3) is 0.455. The molecule has 76 valence electrons. The molecule has 0 spiro atoms. The lowest BCUT2D eigenvalue weighted by Crippen LogP contribution is -1.90. The van der Waals surface area contributed by atoms with Gasteiger partial charge in [0.25, 0.3) is 0 Å². The number of hydrogen-bond donors (Lipinski definition) is 0. The van der Waals surface area contributed by atoms with Crippen molar-refractivity contribution >= 4 is 0 Å². The first-order chi connectivity index (χ1) is 6.74. The number of nitro groups is 1. The molecule has 0 heterocycles. The first-order valence-electron chi connectivity index (χ1n) is 4.97. The van der Waals surface area contributed by atoms with Gasteiger partial charge in [-0.15, -0.1) is 0 Å². The molecule has 0 saturated carbocycles. The summed E-state index contributed by atoms with van der Waals surface area (Å²) in [5.74, 6) is 0. The van der Waals surface area contributed by atoms with E-state index in [2.05, 4.69) is 6.92 Å². The molecule has 0 atom stereocenters. The molecule has 14 heavy (non-hydrogen) atoms. The third-order valence-electron chi connectivity index (χ3n) is 2.24. The van der Waals surface area contributed by atoms with E-state index in [0.29, 0.717) is 0 Å². The maximum Gasteiger partial charge on any atom is 0.241 e. The molecule has 0 unspecified atom stereocenters. The molecule has 0 radical (unpaired) electrons. The predicted molar refractivity (Wildman–Crippen MR) is 56.4 cm³/mol. The Bertz CT molecular complexity index is 300. The van der Waals surface area contributed by atoms with Crippen LogP contribution in [-0.4, -0.2) is 4.92 Å². The van der Waals surface area contributed by atoms with Gasteiger partial charge in [0.05, 0.1) is 4.92 Å². The van der Waals surface area contributed by atoms with Gasteiger partial charge in [-0.1, -0.05) is 31.9 Å². The van der Waals surface area contributed by atoms with Crippen molar-refractivity contribution in [3.8, 4) is 0 Å². The first-order valence-corrected chi connectivity index (χ1v) is 4.97. The van der Waals surface area contributed by atoms with Crippen molar-refractivity contribution in [1.29, 1.82) is 0 Å². The highest BCUT2D eigenvalue weighted by atomic mass is 16.6. The second-order valence-corrected chi connectivity index (χ2v) is 3.38. The lowest BCUT2D eigenvalue weighted by Gasteiger charge is -2.01. The molecule has 1 aliphatic rings. The Balaban J connectivity index is 2.50. The molecule has 0 fully saturated rings. The highest BCUT2D eigenvalue weighted by Gasteiger charge is 2.09. The van der Waals surface area contributed by atoms with Crippen molar-refractivity contribution in [2.45, 2.75) is 32.6 Å². The number of rotatable bonds is 5. The van der Waals surface area contributed by atoms with Crippen LogP contribution in [0.1, 0.15) is 32.6 Å². The predicted octanol–water partition coefficient (Wildman–Crippen LogP) is 3.22. The van der Waals surface area contributed by atoms with E-state index in [1.54, 1.807) is 6.08 Å². The van der Waals surface area contributed by atoms with Crippen LogP contribution in [0.2, 0.25) is 0 Å². The summed E-state index contributed by atoms with van der Waals surface area (Å²) in [6.07, 6.45) is 11.1. The summed E-state index contributed by atoms with van der Waals surface area (Å²) in [6.45, 7) is 2.15. The summed E-state index contributed by atoms with van der Waals surface area (Å²) in [5, 5.41) is 10.3. The van der Waals surface area contributed by atoms with Gasteiger partial charge in [0.15, 0.2) is 0 Å². The average Bonchev–Trinajstić information content (AvgIpc) is 2.52. The zero-order chi connectivity index (χ0) is 10.4. The summed E-state index contributed by atoms with van der Waals surface area (Å²) < 4.78 is 0. The van der Waals surface area contributed by atoms with Crippen LogP contribution in [-0.2, 0) is 0 Å². The van der Waals surface area contributed by atoms with Gasteiger partial charge in [-0.25, -0.2) is 0 Å². The summed E-state index contributed by atoms with van der Waals surface area (Å²) in [5.41, 5.74) is 1.85. The molecular weight excluding hydrogens is 178 g/mol. The van der Waals surface area contributed by atoms with Crippen molar-refractivity contribution in [3.05, 3.63) is 45.7 Å².